The van der Waals surface area contributed by atoms with Gasteiger partial charge in [0, 0.05) is 25.5 Å². The fraction of sp³-hybridized carbons (Fsp3) is 0.533. The molecule has 2 aromatic heterocycles. The van der Waals surface area contributed by atoms with Crippen molar-refractivity contribution in [3.8, 4) is 0 Å². The van der Waals surface area contributed by atoms with Crippen molar-refractivity contribution >= 4 is 5.82 Å². The van der Waals surface area contributed by atoms with Gasteiger partial charge in [-0.2, -0.15) is 0 Å². The maximum atomic E-state index is 14.3. The first kappa shape index (κ1) is 14.9. The maximum absolute atomic E-state index is 14.3. The van der Waals surface area contributed by atoms with Crippen LogP contribution in [0.4, 0.5) is 10.2 Å². The Morgan fingerprint density at radius 3 is 3.00 bits per heavy atom. The van der Waals surface area contributed by atoms with Crippen LogP contribution >= 0.6 is 0 Å². The van der Waals surface area contributed by atoms with E-state index in [2.05, 4.69) is 27.2 Å². The average Bonchev–Trinajstić information content (AvgIpc) is 3.17. The van der Waals surface area contributed by atoms with E-state index < -0.39 is 0 Å². The second-order valence-corrected chi connectivity index (χ2v) is 5.24. The van der Waals surface area contributed by atoms with E-state index in [1.165, 1.54) is 6.33 Å². The van der Waals surface area contributed by atoms with Crippen molar-refractivity contribution in [3.63, 3.8) is 0 Å². The van der Waals surface area contributed by atoms with Gasteiger partial charge in [-0.3, -0.25) is 0 Å². The molecule has 118 valence electrons. The third-order valence-corrected chi connectivity index (χ3v) is 3.95. The molecule has 2 aromatic rings. The number of halogens is 1. The molecule has 22 heavy (non-hydrogen) atoms. The van der Waals surface area contributed by atoms with Gasteiger partial charge in [0.25, 0.3) is 0 Å². The highest BCUT2D eigenvalue weighted by molar-refractivity contribution is 5.39. The number of nitrogens with zero attached hydrogens (tertiary/aromatic N) is 4. The first-order valence-corrected chi connectivity index (χ1v) is 7.63. The molecule has 3 heterocycles. The lowest BCUT2D eigenvalue weighted by atomic mass is 10.1. The standard InChI is InChI=1S/C15H20FN5O/c1-3-10-12(16)14(19-9-18-10)20-11-5-8-22-13(11)15-17-6-7-21(15)4-2/h6-7,9,11,13H,3-5,8H2,1-2H3,(H,18,19,20)/t11-,13-/m0/s1. The van der Waals surface area contributed by atoms with E-state index in [1.54, 1.807) is 6.20 Å². The molecular formula is C15H20FN5O. The Kier molecular flexibility index (Phi) is 4.33. The largest absolute Gasteiger partial charge is 0.368 e. The molecule has 1 aliphatic rings. The molecule has 0 radical (unpaired) electrons. The Morgan fingerprint density at radius 1 is 1.36 bits per heavy atom. The highest BCUT2D eigenvalue weighted by Gasteiger charge is 2.33. The van der Waals surface area contributed by atoms with Gasteiger partial charge in [-0.15, -0.1) is 0 Å². The molecule has 1 aliphatic heterocycles. The van der Waals surface area contributed by atoms with Gasteiger partial charge >= 0.3 is 0 Å². The predicted molar refractivity (Wildman–Crippen MR) is 80.0 cm³/mol. The molecule has 1 N–H and O–H groups in total. The fourth-order valence-electron chi connectivity index (χ4n) is 2.77. The smallest absolute Gasteiger partial charge is 0.186 e. The molecule has 1 fully saturated rings. The molecule has 3 rings (SSSR count). The molecule has 0 bridgehead atoms. The van der Waals surface area contributed by atoms with Crippen molar-refractivity contribution < 1.29 is 9.13 Å². The van der Waals surface area contributed by atoms with E-state index in [-0.39, 0.29) is 23.8 Å². The summed E-state index contributed by atoms with van der Waals surface area (Å²) in [6.45, 7) is 5.37. The molecule has 0 aliphatic carbocycles. The van der Waals surface area contributed by atoms with Crippen LogP contribution in [0.1, 0.15) is 37.9 Å². The number of anilines is 1. The van der Waals surface area contributed by atoms with Crippen molar-refractivity contribution in [2.45, 2.75) is 45.4 Å². The van der Waals surface area contributed by atoms with Gasteiger partial charge in [0.15, 0.2) is 11.6 Å². The van der Waals surface area contributed by atoms with Crippen LogP contribution in [-0.2, 0) is 17.7 Å². The van der Waals surface area contributed by atoms with Crippen LogP contribution in [0, 0.1) is 5.82 Å². The summed E-state index contributed by atoms with van der Waals surface area (Å²) in [5.41, 5.74) is 0.419. The Bertz CT molecular complexity index is 645. The molecule has 0 unspecified atom stereocenters. The number of rotatable bonds is 5. The number of nitrogens with one attached hydrogen (secondary N) is 1. The summed E-state index contributed by atoms with van der Waals surface area (Å²) < 4.78 is 22.1. The highest BCUT2D eigenvalue weighted by atomic mass is 19.1. The molecule has 0 aromatic carbocycles. The summed E-state index contributed by atoms with van der Waals surface area (Å²) in [4.78, 5) is 12.4. The van der Waals surface area contributed by atoms with Crippen molar-refractivity contribution in [3.05, 3.63) is 36.1 Å². The van der Waals surface area contributed by atoms with E-state index in [1.807, 2.05) is 17.7 Å². The van der Waals surface area contributed by atoms with Crippen LogP contribution in [0.3, 0.4) is 0 Å². The lowest BCUT2D eigenvalue weighted by Crippen LogP contribution is -2.27. The average molecular weight is 305 g/mol. The molecule has 0 spiro atoms. The molecule has 2 atom stereocenters. The number of hydrogen-bond donors (Lipinski definition) is 1. The summed E-state index contributed by atoms with van der Waals surface area (Å²) in [7, 11) is 0. The second kappa shape index (κ2) is 6.39. The number of hydrogen-bond acceptors (Lipinski definition) is 5. The Labute approximate surface area is 128 Å². The third kappa shape index (κ3) is 2.68. The zero-order chi connectivity index (χ0) is 15.5. The fourth-order valence-corrected chi connectivity index (χ4v) is 2.77. The van der Waals surface area contributed by atoms with E-state index in [0.29, 0.717) is 18.7 Å². The van der Waals surface area contributed by atoms with E-state index >= 15 is 0 Å². The summed E-state index contributed by atoms with van der Waals surface area (Å²) in [5, 5.41) is 3.17. The van der Waals surface area contributed by atoms with Crippen LogP contribution in [0.25, 0.3) is 0 Å². The van der Waals surface area contributed by atoms with Gasteiger partial charge in [-0.25, -0.2) is 19.3 Å². The molecule has 1 saturated heterocycles. The minimum absolute atomic E-state index is 0.0539. The Hall–Kier alpha value is -2.02. The first-order valence-electron chi connectivity index (χ1n) is 7.63. The van der Waals surface area contributed by atoms with Gasteiger partial charge in [0.05, 0.1) is 11.7 Å². The quantitative estimate of drug-likeness (QED) is 0.918. The second-order valence-electron chi connectivity index (χ2n) is 5.24. The molecule has 6 nitrogen and oxygen atoms in total. The number of imidazole rings is 1. The van der Waals surface area contributed by atoms with E-state index in [9.17, 15) is 4.39 Å². The van der Waals surface area contributed by atoms with Crippen LogP contribution < -0.4 is 5.32 Å². The van der Waals surface area contributed by atoms with E-state index in [4.69, 9.17) is 4.74 Å². The summed E-state index contributed by atoms with van der Waals surface area (Å²) in [6, 6.07) is -0.0539. The Morgan fingerprint density at radius 2 is 2.23 bits per heavy atom. The predicted octanol–water partition coefficient (Wildman–Crippen LogP) is 2.34. The summed E-state index contributed by atoms with van der Waals surface area (Å²) in [5.74, 6) is 0.721. The lowest BCUT2D eigenvalue weighted by molar-refractivity contribution is 0.0975. The van der Waals surface area contributed by atoms with Gasteiger partial charge in [-0.05, 0) is 19.8 Å². The number of aromatic nitrogens is 4. The molecular weight excluding hydrogens is 285 g/mol. The number of ether oxygens (including phenoxy) is 1. The maximum Gasteiger partial charge on any atom is 0.186 e. The van der Waals surface area contributed by atoms with Crippen molar-refractivity contribution in [2.24, 2.45) is 0 Å². The zero-order valence-electron chi connectivity index (χ0n) is 12.8. The van der Waals surface area contributed by atoms with Crippen LogP contribution in [0.15, 0.2) is 18.7 Å². The van der Waals surface area contributed by atoms with Crippen molar-refractivity contribution in [1.29, 1.82) is 0 Å². The SMILES string of the molecule is CCc1ncnc(N[C@H]2CCO[C@@H]2c2nccn2CC)c1F. The van der Waals surface area contributed by atoms with Gasteiger partial charge in [-0.1, -0.05) is 6.92 Å². The highest BCUT2D eigenvalue weighted by Crippen LogP contribution is 2.31. The zero-order valence-corrected chi connectivity index (χ0v) is 12.8. The molecule has 0 saturated carbocycles. The normalized spacial score (nSPS) is 21.2. The van der Waals surface area contributed by atoms with Crippen molar-refractivity contribution in [2.75, 3.05) is 11.9 Å². The van der Waals surface area contributed by atoms with Gasteiger partial charge in [0.2, 0.25) is 0 Å². The summed E-state index contributed by atoms with van der Waals surface area (Å²) >= 11 is 0. The molecule has 7 heteroatoms. The third-order valence-electron chi connectivity index (χ3n) is 3.95. The van der Waals surface area contributed by atoms with Crippen LogP contribution in [0.2, 0.25) is 0 Å². The Balaban J connectivity index is 1.83. The topological polar surface area (TPSA) is 64.9 Å². The summed E-state index contributed by atoms with van der Waals surface area (Å²) in [6.07, 6.45) is 6.20. The minimum atomic E-state index is -0.380. The van der Waals surface area contributed by atoms with Crippen LogP contribution in [-0.4, -0.2) is 32.2 Å². The lowest BCUT2D eigenvalue weighted by Gasteiger charge is -2.21. The van der Waals surface area contributed by atoms with Crippen molar-refractivity contribution in [1.82, 2.24) is 19.5 Å². The van der Waals surface area contributed by atoms with Gasteiger partial charge in [0.1, 0.15) is 18.3 Å². The number of aryl methyl sites for hydroxylation is 2. The van der Waals surface area contributed by atoms with Crippen LogP contribution in [0.5, 0.6) is 0 Å². The van der Waals surface area contributed by atoms with Gasteiger partial charge < -0.3 is 14.6 Å². The van der Waals surface area contributed by atoms with E-state index in [0.717, 1.165) is 18.8 Å². The molecule has 0 amide bonds. The monoisotopic (exact) mass is 305 g/mol. The first-order chi connectivity index (χ1) is 10.7. The minimum Gasteiger partial charge on any atom is -0.368 e.